The van der Waals surface area contributed by atoms with E-state index in [-0.39, 0.29) is 0 Å². The van der Waals surface area contributed by atoms with Gasteiger partial charge in [-0.05, 0) is 0 Å². The van der Waals surface area contributed by atoms with E-state index in [1.54, 1.807) is 0 Å². The molecule has 1 N–H and O–H groups in total. The van der Waals surface area contributed by atoms with Gasteiger partial charge in [-0.25, -0.2) is 10.5 Å². The van der Waals surface area contributed by atoms with Gasteiger partial charge in [0.05, 0.1) is 11.9 Å². The number of nitrogens with zero attached hydrogens (tertiary/aromatic N) is 1. The maximum Gasteiger partial charge on any atom is 0.534 e. The molecule has 94 valence electrons. The lowest BCUT2D eigenvalue weighted by Gasteiger charge is -2.17. The third kappa shape index (κ3) is 2.22. The summed E-state index contributed by atoms with van der Waals surface area (Å²) >= 11 is 0. The molecule has 0 atom stereocenters. The lowest BCUT2D eigenvalue weighted by molar-refractivity contribution is -0.113. The fraction of sp³-hybridized carbons (Fsp3) is 0.143. The lowest BCUT2D eigenvalue weighted by atomic mass is 10.3. The Balaban J connectivity index is 2.19. The van der Waals surface area contributed by atoms with Gasteiger partial charge in [0.1, 0.15) is 5.76 Å². The topological polar surface area (TPSA) is 67.9 Å². The van der Waals surface area contributed by atoms with E-state index in [2.05, 4.69) is 9.66 Å². The van der Waals surface area contributed by atoms with Crippen molar-refractivity contribution in [3.05, 3.63) is 36.0 Å². The number of hydroxylamine groups is 3. The normalized spacial score (nSPS) is 19.4. The molecule has 17 heavy (non-hydrogen) atoms. The molecule has 0 saturated heterocycles. The number of fused-ring (bicyclic) bond motifs is 1. The van der Waals surface area contributed by atoms with Crippen LogP contribution in [0.4, 0.5) is 13.2 Å². The van der Waals surface area contributed by atoms with Crippen LogP contribution in [0.15, 0.2) is 36.0 Å². The zero-order valence-corrected chi connectivity index (χ0v) is 8.75. The number of rotatable bonds is 2. The Morgan fingerprint density at radius 2 is 2.12 bits per heavy atom. The minimum atomic E-state index is -5.65. The zero-order chi connectivity index (χ0) is 12.7. The number of halogens is 3. The molecule has 0 spiro atoms. The van der Waals surface area contributed by atoms with Gasteiger partial charge in [-0.1, -0.05) is 0 Å². The van der Waals surface area contributed by atoms with E-state index in [1.807, 2.05) is 0 Å². The largest absolute Gasteiger partial charge is 0.534 e. The summed E-state index contributed by atoms with van der Waals surface area (Å²) in [5.74, 6) is -0.461. The van der Waals surface area contributed by atoms with Crippen LogP contribution >= 0.6 is 0 Å². The van der Waals surface area contributed by atoms with Crippen molar-refractivity contribution in [2.24, 2.45) is 0 Å². The summed E-state index contributed by atoms with van der Waals surface area (Å²) in [6.45, 7) is 0. The molecule has 0 aromatic carbocycles. The summed E-state index contributed by atoms with van der Waals surface area (Å²) in [4.78, 5) is 4.73. The highest BCUT2D eigenvalue weighted by Crippen LogP contribution is 2.29. The summed E-state index contributed by atoms with van der Waals surface area (Å²) in [6, 6.07) is 0. The number of alkyl halides is 3. The van der Waals surface area contributed by atoms with Gasteiger partial charge in [0.2, 0.25) is 0 Å². The second kappa shape index (κ2) is 3.67. The Morgan fingerprint density at radius 3 is 2.76 bits per heavy atom. The van der Waals surface area contributed by atoms with Crippen molar-refractivity contribution in [1.82, 2.24) is 10.5 Å². The predicted octanol–water partition coefficient (Wildman–Crippen LogP) is 0.857. The summed E-state index contributed by atoms with van der Waals surface area (Å²) in [5, 5.41) is 1.17. The van der Waals surface area contributed by atoms with Gasteiger partial charge in [-0.15, -0.1) is 0 Å². The van der Waals surface area contributed by atoms with Gasteiger partial charge in [0.15, 0.2) is 0 Å². The maximum absolute atomic E-state index is 12.0. The SMILES string of the molecule is O=S(=O)(OC1=CC2=CNON2C=C1)C(F)(F)F. The highest BCUT2D eigenvalue weighted by Gasteiger charge is 2.48. The fourth-order valence-corrected chi connectivity index (χ4v) is 1.49. The molecule has 0 aliphatic carbocycles. The van der Waals surface area contributed by atoms with E-state index in [0.29, 0.717) is 5.70 Å². The Hall–Kier alpha value is -1.68. The van der Waals surface area contributed by atoms with Gasteiger partial charge in [0.25, 0.3) is 0 Å². The summed E-state index contributed by atoms with van der Waals surface area (Å²) in [7, 11) is -5.65. The average molecular weight is 270 g/mol. The summed E-state index contributed by atoms with van der Waals surface area (Å²) in [5.41, 5.74) is -2.84. The number of hydrogen-bond donors (Lipinski definition) is 1. The van der Waals surface area contributed by atoms with Gasteiger partial charge in [0, 0.05) is 18.4 Å². The molecule has 0 aromatic heterocycles. The molecular weight excluding hydrogens is 265 g/mol. The van der Waals surface area contributed by atoms with E-state index in [0.717, 1.165) is 12.2 Å². The maximum atomic E-state index is 12.0. The molecular formula is C7H5F3N2O4S. The van der Waals surface area contributed by atoms with Crippen LogP contribution in [-0.4, -0.2) is 19.0 Å². The molecule has 0 fully saturated rings. The van der Waals surface area contributed by atoms with E-state index >= 15 is 0 Å². The first-order valence-corrected chi connectivity index (χ1v) is 5.53. The molecule has 2 heterocycles. The first-order chi connectivity index (χ1) is 7.79. The first kappa shape index (κ1) is 11.8. The summed E-state index contributed by atoms with van der Waals surface area (Å²) in [6.07, 6.45) is 4.61. The monoisotopic (exact) mass is 270 g/mol. The molecule has 6 nitrogen and oxygen atoms in total. The zero-order valence-electron chi connectivity index (χ0n) is 7.93. The minimum absolute atomic E-state index is 0.305. The fourth-order valence-electron chi connectivity index (χ4n) is 1.04. The van der Waals surface area contributed by atoms with Crippen LogP contribution < -0.4 is 5.48 Å². The molecule has 0 unspecified atom stereocenters. The molecule has 0 amide bonds. The Morgan fingerprint density at radius 1 is 1.41 bits per heavy atom. The Labute approximate surface area is 93.6 Å². The van der Waals surface area contributed by atoms with E-state index in [4.69, 9.17) is 4.94 Å². The average Bonchev–Trinajstić information content (AvgIpc) is 2.62. The van der Waals surface area contributed by atoms with Crippen LogP contribution in [0.5, 0.6) is 0 Å². The molecule has 0 aromatic rings. The number of hydrogen-bond acceptors (Lipinski definition) is 6. The van der Waals surface area contributed by atoms with E-state index in [1.165, 1.54) is 17.5 Å². The van der Waals surface area contributed by atoms with Gasteiger partial charge < -0.3 is 4.18 Å². The van der Waals surface area contributed by atoms with Crippen LogP contribution in [0.1, 0.15) is 0 Å². The Bertz CT molecular complexity index is 520. The van der Waals surface area contributed by atoms with Gasteiger partial charge in [-0.2, -0.15) is 26.5 Å². The van der Waals surface area contributed by atoms with Crippen molar-refractivity contribution in [2.45, 2.75) is 5.51 Å². The molecule has 2 aliphatic rings. The first-order valence-electron chi connectivity index (χ1n) is 4.12. The van der Waals surface area contributed by atoms with Crippen molar-refractivity contribution in [1.29, 1.82) is 0 Å². The predicted molar refractivity (Wildman–Crippen MR) is 47.4 cm³/mol. The lowest BCUT2D eigenvalue weighted by Crippen LogP contribution is -2.26. The van der Waals surface area contributed by atoms with Crippen molar-refractivity contribution < 1.29 is 30.7 Å². The van der Waals surface area contributed by atoms with Crippen LogP contribution in [0.2, 0.25) is 0 Å². The Kier molecular flexibility index (Phi) is 2.54. The second-order valence-electron chi connectivity index (χ2n) is 2.95. The molecule has 10 heteroatoms. The smallest absolute Gasteiger partial charge is 0.376 e. The standard InChI is InChI=1S/C7H5F3N2O4S/c8-7(9,10)17(13,14)15-6-1-2-12-5(3-6)4-11-16-12/h1-4,11H. The molecule has 0 radical (unpaired) electrons. The van der Waals surface area contributed by atoms with Crippen molar-refractivity contribution in [3.63, 3.8) is 0 Å². The van der Waals surface area contributed by atoms with Crippen molar-refractivity contribution >= 4 is 10.1 Å². The third-order valence-corrected chi connectivity index (χ3v) is 2.74. The third-order valence-electron chi connectivity index (χ3n) is 1.77. The quantitative estimate of drug-likeness (QED) is 0.593. The minimum Gasteiger partial charge on any atom is -0.376 e. The van der Waals surface area contributed by atoms with E-state index in [9.17, 15) is 21.6 Å². The molecule has 2 rings (SSSR count). The second-order valence-corrected chi connectivity index (χ2v) is 4.49. The van der Waals surface area contributed by atoms with Crippen LogP contribution in [0, 0.1) is 0 Å². The molecule has 2 aliphatic heterocycles. The van der Waals surface area contributed by atoms with Crippen molar-refractivity contribution in [3.8, 4) is 0 Å². The van der Waals surface area contributed by atoms with Crippen LogP contribution in [-0.2, 0) is 19.2 Å². The van der Waals surface area contributed by atoms with Crippen LogP contribution in [0.3, 0.4) is 0 Å². The highest BCUT2D eigenvalue weighted by molar-refractivity contribution is 7.87. The van der Waals surface area contributed by atoms with Crippen molar-refractivity contribution in [2.75, 3.05) is 0 Å². The highest BCUT2D eigenvalue weighted by atomic mass is 32.2. The number of nitrogens with one attached hydrogen (secondary N) is 1. The molecule has 0 bridgehead atoms. The van der Waals surface area contributed by atoms with Gasteiger partial charge >= 0.3 is 15.6 Å². The molecule has 0 saturated carbocycles. The summed E-state index contributed by atoms with van der Waals surface area (Å²) < 4.78 is 61.4. The van der Waals surface area contributed by atoms with Crippen LogP contribution in [0.25, 0.3) is 0 Å². The van der Waals surface area contributed by atoms with E-state index < -0.39 is 21.4 Å². The van der Waals surface area contributed by atoms with Gasteiger partial charge in [-0.3, -0.25) is 0 Å². The number of allylic oxidation sites excluding steroid dienone is 2.